The molecule has 0 bridgehead atoms. The van der Waals surface area contributed by atoms with Gasteiger partial charge in [-0.1, -0.05) is 13.2 Å². The van der Waals surface area contributed by atoms with Crippen LogP contribution in [-0.4, -0.2) is 66.2 Å². The molecule has 0 aromatic rings. The zero-order chi connectivity index (χ0) is 31.1. The second kappa shape index (κ2) is 17.3. The lowest BCUT2D eigenvalue weighted by atomic mass is 10.1. The molecule has 2 atom stereocenters. The number of nitrogens with one attached hydrogen (secondary N) is 4. The van der Waals surface area contributed by atoms with Gasteiger partial charge in [0.25, 0.3) is 0 Å². The largest absolute Gasteiger partial charge is 0.458 e. The van der Waals surface area contributed by atoms with Crippen LogP contribution in [0.1, 0.15) is 93.9 Å². The molecule has 0 aliphatic rings. The maximum Gasteiger partial charge on any atom is 0.408 e. The van der Waals surface area contributed by atoms with E-state index in [1.165, 1.54) is 0 Å². The highest BCUT2D eigenvalue weighted by atomic mass is 16.6. The molecular weight excluding hydrogens is 516 g/mol. The van der Waals surface area contributed by atoms with Crippen molar-refractivity contribution in [2.45, 2.75) is 117 Å². The normalized spacial score (nSPS) is 12.8. The fourth-order valence-electron chi connectivity index (χ4n) is 3.27. The number of alkyl carbamates (subject to hydrolysis) is 1. The van der Waals surface area contributed by atoms with Crippen molar-refractivity contribution in [2.24, 2.45) is 0 Å². The van der Waals surface area contributed by atoms with Crippen LogP contribution < -0.4 is 21.3 Å². The minimum Gasteiger partial charge on any atom is -0.458 e. The van der Waals surface area contributed by atoms with Gasteiger partial charge in [0.1, 0.15) is 23.3 Å². The smallest absolute Gasteiger partial charge is 0.408 e. The van der Waals surface area contributed by atoms with Gasteiger partial charge in [-0.3, -0.25) is 14.4 Å². The van der Waals surface area contributed by atoms with Crippen LogP contribution in [0.4, 0.5) is 4.79 Å². The highest BCUT2D eigenvalue weighted by molar-refractivity contribution is 5.92. The number of amides is 4. The first-order chi connectivity index (χ1) is 18.3. The van der Waals surface area contributed by atoms with Crippen LogP contribution in [0, 0.1) is 0 Å². The Kier molecular flexibility index (Phi) is 15.9. The number of unbranched alkanes of at least 4 members (excludes halogenated alkanes) is 2. The first kappa shape index (κ1) is 36.6. The molecule has 0 aliphatic carbocycles. The Balaban J connectivity index is 5.40. The van der Waals surface area contributed by atoms with Crippen LogP contribution in [0.25, 0.3) is 0 Å². The molecule has 0 saturated carbocycles. The van der Waals surface area contributed by atoms with Crippen LogP contribution in [-0.2, 0) is 28.7 Å². The Bertz CT molecular complexity index is 916. The van der Waals surface area contributed by atoms with Crippen molar-refractivity contribution < 1.29 is 33.4 Å². The van der Waals surface area contributed by atoms with E-state index in [1.807, 2.05) is 0 Å². The van der Waals surface area contributed by atoms with Gasteiger partial charge in [0.05, 0.1) is 0 Å². The second-order valence-electron chi connectivity index (χ2n) is 11.9. The summed E-state index contributed by atoms with van der Waals surface area (Å²) >= 11 is 0. The first-order valence-corrected chi connectivity index (χ1v) is 13.7. The predicted molar refractivity (Wildman–Crippen MR) is 154 cm³/mol. The third-order valence-corrected chi connectivity index (χ3v) is 5.20. The highest BCUT2D eigenvalue weighted by Crippen LogP contribution is 2.13. The zero-order valence-corrected chi connectivity index (χ0v) is 25.6. The van der Waals surface area contributed by atoms with Gasteiger partial charge < -0.3 is 30.7 Å². The Hall–Kier alpha value is -3.37. The summed E-state index contributed by atoms with van der Waals surface area (Å²) in [5, 5.41) is 10.8. The number of esters is 1. The van der Waals surface area contributed by atoms with Gasteiger partial charge in [0.2, 0.25) is 17.7 Å². The van der Waals surface area contributed by atoms with E-state index < -0.39 is 41.3 Å². The predicted octanol–water partition coefficient (Wildman–Crippen LogP) is 3.43. The standard InChI is InChI=1S/C29H50N4O7/c1-19(2)23(34)30-17-13-11-15-21(33-27(38)40-29(8,9)10)25(36)32-22(26(37)39-28(5,6)7)16-12-14-18-31-24(35)20(3)4/h21-22H,1,3,11-18H2,2,4-10H3,(H,30,34)(H,31,35)(H,32,36)(H,33,38)/t21-,22-/m0/s1. The lowest BCUT2D eigenvalue weighted by Gasteiger charge is -2.27. The number of rotatable bonds is 16. The molecule has 0 heterocycles. The summed E-state index contributed by atoms with van der Waals surface area (Å²) in [5.41, 5.74) is -0.732. The van der Waals surface area contributed by atoms with E-state index in [2.05, 4.69) is 34.4 Å². The fraction of sp³-hybridized carbons (Fsp3) is 0.690. The Labute approximate surface area is 239 Å². The summed E-state index contributed by atoms with van der Waals surface area (Å²) in [6, 6.07) is -1.94. The molecule has 0 fully saturated rings. The quantitative estimate of drug-likeness (QED) is 0.127. The van der Waals surface area contributed by atoms with Gasteiger partial charge in [-0.05, 0) is 93.9 Å². The van der Waals surface area contributed by atoms with E-state index in [4.69, 9.17) is 9.47 Å². The molecule has 40 heavy (non-hydrogen) atoms. The van der Waals surface area contributed by atoms with Crippen molar-refractivity contribution in [1.29, 1.82) is 0 Å². The summed E-state index contributed by atoms with van der Waals surface area (Å²) < 4.78 is 10.8. The Morgan fingerprint density at radius 2 is 1.07 bits per heavy atom. The SMILES string of the molecule is C=C(C)C(=O)NCCCC[C@H](NC(=O)OC(C)(C)C)C(=O)N[C@@H](CCCCNC(=O)C(=C)C)C(=O)OC(C)(C)C. The van der Waals surface area contributed by atoms with Gasteiger partial charge in [0.15, 0.2) is 0 Å². The average Bonchev–Trinajstić information content (AvgIpc) is 2.79. The number of hydrogen-bond acceptors (Lipinski definition) is 7. The molecule has 0 aromatic heterocycles. The average molecular weight is 567 g/mol. The first-order valence-electron chi connectivity index (χ1n) is 13.7. The summed E-state index contributed by atoms with van der Waals surface area (Å²) in [6.07, 6.45) is 1.92. The van der Waals surface area contributed by atoms with Gasteiger partial charge in [0, 0.05) is 24.2 Å². The van der Waals surface area contributed by atoms with Crippen LogP contribution in [0.3, 0.4) is 0 Å². The summed E-state index contributed by atoms with van der Waals surface area (Å²) in [5.74, 6) is -1.64. The van der Waals surface area contributed by atoms with E-state index in [0.717, 1.165) is 0 Å². The third kappa shape index (κ3) is 18.0. The molecule has 0 radical (unpaired) electrons. The molecule has 0 aromatic carbocycles. The Morgan fingerprint density at radius 1 is 0.650 bits per heavy atom. The van der Waals surface area contributed by atoms with Gasteiger partial charge in [-0.2, -0.15) is 0 Å². The van der Waals surface area contributed by atoms with Crippen LogP contribution in [0.15, 0.2) is 24.3 Å². The van der Waals surface area contributed by atoms with E-state index in [1.54, 1.807) is 55.4 Å². The summed E-state index contributed by atoms with van der Waals surface area (Å²) in [6.45, 7) is 21.5. The maximum absolute atomic E-state index is 13.3. The molecule has 0 aliphatic heterocycles. The number of ether oxygens (including phenoxy) is 2. The third-order valence-electron chi connectivity index (χ3n) is 5.20. The minimum atomic E-state index is -0.980. The van der Waals surface area contributed by atoms with Crippen LogP contribution in [0.2, 0.25) is 0 Å². The van der Waals surface area contributed by atoms with Crippen molar-refractivity contribution in [3.63, 3.8) is 0 Å². The van der Waals surface area contributed by atoms with E-state index in [-0.39, 0.29) is 24.7 Å². The molecule has 4 amide bonds. The van der Waals surface area contributed by atoms with Crippen molar-refractivity contribution >= 4 is 29.8 Å². The molecular formula is C29H50N4O7. The summed E-state index contributed by atoms with van der Waals surface area (Å²) in [4.78, 5) is 62.1. The lowest BCUT2D eigenvalue weighted by Crippen LogP contribution is -2.53. The molecule has 228 valence electrons. The van der Waals surface area contributed by atoms with Crippen LogP contribution >= 0.6 is 0 Å². The number of carbonyl (C=O) groups excluding carboxylic acids is 5. The van der Waals surface area contributed by atoms with Gasteiger partial charge in [-0.15, -0.1) is 0 Å². The van der Waals surface area contributed by atoms with E-state index in [0.29, 0.717) is 49.9 Å². The van der Waals surface area contributed by atoms with Crippen molar-refractivity contribution in [3.8, 4) is 0 Å². The van der Waals surface area contributed by atoms with Gasteiger partial charge >= 0.3 is 12.1 Å². The maximum atomic E-state index is 13.3. The monoisotopic (exact) mass is 566 g/mol. The van der Waals surface area contributed by atoms with Gasteiger partial charge in [-0.25, -0.2) is 9.59 Å². The molecule has 0 unspecified atom stereocenters. The van der Waals surface area contributed by atoms with Crippen molar-refractivity contribution in [2.75, 3.05) is 13.1 Å². The van der Waals surface area contributed by atoms with Crippen molar-refractivity contribution in [1.82, 2.24) is 21.3 Å². The molecule has 0 rings (SSSR count). The number of hydrogen-bond donors (Lipinski definition) is 4. The Morgan fingerprint density at radius 3 is 1.48 bits per heavy atom. The van der Waals surface area contributed by atoms with E-state index >= 15 is 0 Å². The lowest BCUT2D eigenvalue weighted by molar-refractivity contribution is -0.159. The van der Waals surface area contributed by atoms with E-state index in [9.17, 15) is 24.0 Å². The molecule has 11 nitrogen and oxygen atoms in total. The molecule has 4 N–H and O–H groups in total. The zero-order valence-electron chi connectivity index (χ0n) is 25.6. The molecule has 0 saturated heterocycles. The van der Waals surface area contributed by atoms with Crippen LogP contribution in [0.5, 0.6) is 0 Å². The molecule has 0 spiro atoms. The topological polar surface area (TPSA) is 152 Å². The summed E-state index contributed by atoms with van der Waals surface area (Å²) in [7, 11) is 0. The second-order valence-corrected chi connectivity index (χ2v) is 11.9. The minimum absolute atomic E-state index is 0.243. The van der Waals surface area contributed by atoms with Crippen molar-refractivity contribution in [3.05, 3.63) is 24.3 Å². The molecule has 11 heteroatoms. The number of carbonyl (C=O) groups is 5. The fourth-order valence-corrected chi connectivity index (χ4v) is 3.27. The highest BCUT2D eigenvalue weighted by Gasteiger charge is 2.30.